The summed E-state index contributed by atoms with van der Waals surface area (Å²) in [5, 5.41) is 0. The molecule has 1 aromatic carbocycles. The van der Waals surface area contributed by atoms with Gasteiger partial charge < -0.3 is 10.5 Å². The Bertz CT molecular complexity index is 325. The Morgan fingerprint density at radius 3 is 2.44 bits per heavy atom. The van der Waals surface area contributed by atoms with Crippen LogP contribution in [0.5, 0.6) is 0 Å². The van der Waals surface area contributed by atoms with Crippen molar-refractivity contribution >= 4 is 0 Å². The molecule has 1 fully saturated rings. The highest BCUT2D eigenvalue weighted by Crippen LogP contribution is 2.27. The van der Waals surface area contributed by atoms with E-state index in [2.05, 4.69) is 31.2 Å². The van der Waals surface area contributed by atoms with Gasteiger partial charge in [-0.05, 0) is 25.3 Å². The summed E-state index contributed by atoms with van der Waals surface area (Å²) in [4.78, 5) is 0. The van der Waals surface area contributed by atoms with E-state index in [9.17, 15) is 0 Å². The Morgan fingerprint density at radius 2 is 1.81 bits per heavy atom. The number of ether oxygens (including phenoxy) is 1. The summed E-state index contributed by atoms with van der Waals surface area (Å²) >= 11 is 0. The lowest BCUT2D eigenvalue weighted by Crippen LogP contribution is -2.41. The monoisotopic (exact) mass is 219 g/mol. The van der Waals surface area contributed by atoms with Crippen LogP contribution in [0.15, 0.2) is 24.3 Å². The Hall–Kier alpha value is -0.860. The maximum Gasteiger partial charge on any atom is 0.0717 e. The third kappa shape index (κ3) is 3.06. The van der Waals surface area contributed by atoms with Crippen LogP contribution in [0.4, 0.5) is 0 Å². The number of nitrogens with two attached hydrogens (primary N) is 1. The molecule has 0 heterocycles. The van der Waals surface area contributed by atoms with E-state index in [1.165, 1.54) is 24.0 Å². The van der Waals surface area contributed by atoms with Crippen molar-refractivity contribution < 1.29 is 4.74 Å². The second-order valence-corrected chi connectivity index (χ2v) is 5.05. The van der Waals surface area contributed by atoms with Crippen LogP contribution in [0.3, 0.4) is 0 Å². The van der Waals surface area contributed by atoms with Crippen LogP contribution in [0.25, 0.3) is 0 Å². The Labute approximate surface area is 97.8 Å². The first-order chi connectivity index (χ1) is 7.68. The second kappa shape index (κ2) is 4.98. The van der Waals surface area contributed by atoms with Gasteiger partial charge in [0.15, 0.2) is 0 Å². The molecular weight excluding hydrogens is 198 g/mol. The minimum atomic E-state index is -0.0509. The minimum absolute atomic E-state index is 0.0509. The van der Waals surface area contributed by atoms with Gasteiger partial charge in [-0.3, -0.25) is 0 Å². The first kappa shape index (κ1) is 11.6. The fraction of sp³-hybridized carbons (Fsp3) is 0.571. The molecule has 2 nitrogen and oxygen atoms in total. The van der Waals surface area contributed by atoms with Crippen molar-refractivity contribution in [3.8, 4) is 0 Å². The lowest BCUT2D eigenvalue weighted by molar-refractivity contribution is 0.0751. The molecule has 2 heteroatoms. The normalized spacial score (nSPS) is 18.9. The summed E-state index contributed by atoms with van der Waals surface area (Å²) in [6.45, 7) is 3.47. The van der Waals surface area contributed by atoms with Crippen molar-refractivity contribution in [2.24, 2.45) is 5.73 Å². The zero-order valence-corrected chi connectivity index (χ0v) is 10.0. The number of hydrogen-bond acceptors (Lipinski definition) is 2. The lowest BCUT2D eigenvalue weighted by atomic mass is 10.0. The molecule has 0 radical (unpaired) electrons. The van der Waals surface area contributed by atoms with Gasteiger partial charge in [-0.25, -0.2) is 0 Å². The van der Waals surface area contributed by atoms with Gasteiger partial charge in [-0.1, -0.05) is 42.7 Å². The highest BCUT2D eigenvalue weighted by atomic mass is 16.5. The average Bonchev–Trinajstić information content (AvgIpc) is 2.69. The van der Waals surface area contributed by atoms with Crippen molar-refractivity contribution in [3.63, 3.8) is 0 Å². The predicted octanol–water partition coefficient (Wildman–Crippen LogP) is 2.78. The Kier molecular flexibility index (Phi) is 3.62. The third-order valence-electron chi connectivity index (χ3n) is 3.38. The van der Waals surface area contributed by atoms with Crippen LogP contribution in [0.1, 0.15) is 36.8 Å². The van der Waals surface area contributed by atoms with Gasteiger partial charge in [0.25, 0.3) is 0 Å². The average molecular weight is 219 g/mol. The molecule has 0 atom stereocenters. The molecule has 16 heavy (non-hydrogen) atoms. The van der Waals surface area contributed by atoms with Crippen molar-refractivity contribution in [2.45, 2.75) is 44.8 Å². The molecule has 88 valence electrons. The zero-order chi connectivity index (χ0) is 11.4. The molecular formula is C14H21NO. The molecule has 0 spiro atoms. The third-order valence-corrected chi connectivity index (χ3v) is 3.38. The fourth-order valence-electron chi connectivity index (χ4n) is 2.28. The molecule has 0 aliphatic heterocycles. The molecule has 2 rings (SSSR count). The van der Waals surface area contributed by atoms with Crippen LogP contribution in [0.2, 0.25) is 0 Å². The van der Waals surface area contributed by atoms with E-state index in [0.29, 0.717) is 13.2 Å². The van der Waals surface area contributed by atoms with E-state index < -0.39 is 0 Å². The summed E-state index contributed by atoms with van der Waals surface area (Å²) in [7, 11) is 0. The zero-order valence-electron chi connectivity index (χ0n) is 10.0. The smallest absolute Gasteiger partial charge is 0.0717 e. The molecule has 1 aliphatic carbocycles. The summed E-state index contributed by atoms with van der Waals surface area (Å²) in [6.07, 6.45) is 4.73. The first-order valence-corrected chi connectivity index (χ1v) is 6.10. The molecule has 1 saturated carbocycles. The van der Waals surface area contributed by atoms with Gasteiger partial charge >= 0.3 is 0 Å². The Morgan fingerprint density at radius 1 is 1.19 bits per heavy atom. The number of hydrogen-bond donors (Lipinski definition) is 1. The molecule has 0 saturated heterocycles. The van der Waals surface area contributed by atoms with Crippen molar-refractivity contribution in [1.29, 1.82) is 0 Å². The predicted molar refractivity (Wildman–Crippen MR) is 66.2 cm³/mol. The molecule has 0 unspecified atom stereocenters. The van der Waals surface area contributed by atoms with Gasteiger partial charge in [0.2, 0.25) is 0 Å². The second-order valence-electron chi connectivity index (χ2n) is 5.05. The van der Waals surface area contributed by atoms with E-state index in [4.69, 9.17) is 10.5 Å². The molecule has 1 aromatic rings. The number of rotatable bonds is 4. The highest BCUT2D eigenvalue weighted by Gasteiger charge is 2.29. The maximum atomic E-state index is 6.22. The lowest BCUT2D eigenvalue weighted by Gasteiger charge is -2.23. The van der Waals surface area contributed by atoms with Crippen LogP contribution in [0, 0.1) is 6.92 Å². The topological polar surface area (TPSA) is 35.2 Å². The van der Waals surface area contributed by atoms with Gasteiger partial charge in [-0.2, -0.15) is 0 Å². The van der Waals surface area contributed by atoms with E-state index >= 15 is 0 Å². The van der Waals surface area contributed by atoms with Crippen LogP contribution in [-0.4, -0.2) is 12.1 Å². The minimum Gasteiger partial charge on any atom is -0.375 e. The van der Waals surface area contributed by atoms with Crippen LogP contribution < -0.4 is 5.73 Å². The van der Waals surface area contributed by atoms with Crippen LogP contribution >= 0.6 is 0 Å². The van der Waals surface area contributed by atoms with Crippen molar-refractivity contribution in [3.05, 3.63) is 35.4 Å². The van der Waals surface area contributed by atoms with Gasteiger partial charge in [0.1, 0.15) is 0 Å². The van der Waals surface area contributed by atoms with E-state index in [1.54, 1.807) is 0 Å². The van der Waals surface area contributed by atoms with Crippen LogP contribution in [-0.2, 0) is 11.3 Å². The number of aryl methyl sites for hydroxylation is 1. The SMILES string of the molecule is Cc1ccc(COCC2(N)CCCC2)cc1. The molecule has 2 N–H and O–H groups in total. The van der Waals surface area contributed by atoms with Gasteiger partial charge in [0.05, 0.1) is 13.2 Å². The first-order valence-electron chi connectivity index (χ1n) is 6.10. The van der Waals surface area contributed by atoms with Gasteiger partial charge in [0, 0.05) is 5.54 Å². The van der Waals surface area contributed by atoms with Crippen molar-refractivity contribution in [1.82, 2.24) is 0 Å². The highest BCUT2D eigenvalue weighted by molar-refractivity contribution is 5.20. The van der Waals surface area contributed by atoms with E-state index in [1.807, 2.05) is 0 Å². The quantitative estimate of drug-likeness (QED) is 0.845. The summed E-state index contributed by atoms with van der Waals surface area (Å²) < 4.78 is 5.72. The molecule has 0 bridgehead atoms. The van der Waals surface area contributed by atoms with Crippen molar-refractivity contribution in [2.75, 3.05) is 6.61 Å². The fourth-order valence-corrected chi connectivity index (χ4v) is 2.28. The van der Waals surface area contributed by atoms with E-state index in [-0.39, 0.29) is 5.54 Å². The summed E-state index contributed by atoms with van der Waals surface area (Å²) in [5.74, 6) is 0. The molecule has 0 aromatic heterocycles. The Balaban J connectivity index is 1.77. The van der Waals surface area contributed by atoms with E-state index in [0.717, 1.165) is 12.8 Å². The largest absolute Gasteiger partial charge is 0.375 e. The summed E-state index contributed by atoms with van der Waals surface area (Å²) in [5.41, 5.74) is 8.69. The maximum absolute atomic E-state index is 6.22. The molecule has 0 amide bonds. The summed E-state index contributed by atoms with van der Waals surface area (Å²) in [6, 6.07) is 8.47. The molecule has 1 aliphatic rings. The number of benzene rings is 1. The van der Waals surface area contributed by atoms with Gasteiger partial charge in [-0.15, -0.1) is 0 Å². The standard InChI is InChI=1S/C14H21NO/c1-12-4-6-13(7-5-12)10-16-11-14(15)8-2-3-9-14/h4-7H,2-3,8-11,15H2,1H3.